The number of anilines is 1. The van der Waals surface area contributed by atoms with Crippen LogP contribution in [0.1, 0.15) is 5.56 Å². The summed E-state index contributed by atoms with van der Waals surface area (Å²) in [5.41, 5.74) is -0.658. The molecule has 1 aliphatic heterocycles. The van der Waals surface area contributed by atoms with Gasteiger partial charge in [0, 0.05) is 7.05 Å². The van der Waals surface area contributed by atoms with Crippen molar-refractivity contribution in [3.05, 3.63) is 29.8 Å². The lowest BCUT2D eigenvalue weighted by Gasteiger charge is -2.18. The van der Waals surface area contributed by atoms with Crippen LogP contribution in [0.5, 0.6) is 0 Å². The van der Waals surface area contributed by atoms with E-state index in [-0.39, 0.29) is 23.3 Å². The summed E-state index contributed by atoms with van der Waals surface area (Å²) in [5, 5.41) is 0.208. The van der Waals surface area contributed by atoms with Crippen LogP contribution < -0.4 is 4.90 Å². The summed E-state index contributed by atoms with van der Waals surface area (Å²) in [6, 6.07) is 4.56. The van der Waals surface area contributed by atoms with E-state index in [9.17, 15) is 18.0 Å². The number of amides is 1. The average molecular weight is 274 g/mol. The topological polar surface area (TPSA) is 23.6 Å². The molecular weight excluding hydrogens is 265 g/mol. The van der Waals surface area contributed by atoms with Crippen molar-refractivity contribution in [2.45, 2.75) is 6.18 Å². The smallest absolute Gasteiger partial charge is 0.342 e. The number of halogens is 3. The van der Waals surface area contributed by atoms with Gasteiger partial charge in [0.25, 0.3) is 5.91 Å². The quantitative estimate of drug-likeness (QED) is 0.734. The van der Waals surface area contributed by atoms with Crippen LogP contribution in [0.3, 0.4) is 0 Å². The molecule has 2 rings (SSSR count). The molecule has 0 bridgehead atoms. The number of benzene rings is 1. The third kappa shape index (κ3) is 2.17. The number of hydrogen-bond acceptors (Lipinski definition) is 2. The van der Waals surface area contributed by atoms with Crippen molar-refractivity contribution < 1.29 is 18.0 Å². The Labute approximate surface area is 107 Å². The van der Waals surface area contributed by atoms with Crippen LogP contribution in [0.25, 0.3) is 0 Å². The first-order valence-corrected chi connectivity index (χ1v) is 5.47. The fourth-order valence-corrected chi connectivity index (χ4v) is 1.97. The molecule has 0 aliphatic carbocycles. The molecule has 3 nitrogen and oxygen atoms in total. The van der Waals surface area contributed by atoms with Crippen LogP contribution in [-0.4, -0.2) is 29.5 Å². The number of alkyl halides is 3. The highest BCUT2D eigenvalue weighted by Crippen LogP contribution is 2.32. The zero-order chi connectivity index (χ0) is 13.5. The minimum Gasteiger partial charge on any atom is -0.342 e. The van der Waals surface area contributed by atoms with Crippen LogP contribution in [0.4, 0.5) is 18.9 Å². The second-order valence-corrected chi connectivity index (χ2v) is 4.28. The van der Waals surface area contributed by atoms with Gasteiger partial charge in [0.15, 0.2) is 5.11 Å². The zero-order valence-electron chi connectivity index (χ0n) is 9.36. The Morgan fingerprint density at radius 2 is 2.00 bits per heavy atom. The van der Waals surface area contributed by atoms with Gasteiger partial charge in [-0.2, -0.15) is 13.2 Å². The molecule has 0 saturated carbocycles. The molecule has 0 spiro atoms. The van der Waals surface area contributed by atoms with Crippen LogP contribution in [0, 0.1) is 0 Å². The first-order valence-electron chi connectivity index (χ1n) is 5.06. The average Bonchev–Trinajstić information content (AvgIpc) is 2.52. The number of rotatable bonds is 1. The van der Waals surface area contributed by atoms with Crippen LogP contribution >= 0.6 is 12.2 Å². The fraction of sp³-hybridized carbons (Fsp3) is 0.273. The lowest BCUT2D eigenvalue weighted by Crippen LogP contribution is -2.31. The second-order valence-electron chi connectivity index (χ2n) is 3.92. The monoisotopic (exact) mass is 274 g/mol. The van der Waals surface area contributed by atoms with E-state index in [1.807, 2.05) is 0 Å². The van der Waals surface area contributed by atoms with E-state index in [4.69, 9.17) is 12.2 Å². The molecule has 1 aliphatic rings. The summed E-state index contributed by atoms with van der Waals surface area (Å²) >= 11 is 5.01. The maximum Gasteiger partial charge on any atom is 0.416 e. The van der Waals surface area contributed by atoms with Gasteiger partial charge in [-0.25, -0.2) is 0 Å². The number of thiocarbonyl (C=S) groups is 1. The van der Waals surface area contributed by atoms with E-state index in [1.54, 1.807) is 7.05 Å². The number of carbonyl (C=O) groups excluding carboxylic acids is 1. The first-order chi connectivity index (χ1) is 8.30. The standard InChI is InChI=1S/C11H9F3N2OS/c1-15-6-9(17)16(10(15)18)8-4-2-3-7(5-8)11(12,13)14/h2-5H,6H2,1H3. The number of hydrogen-bond donors (Lipinski definition) is 0. The molecular formula is C11H9F3N2OS. The van der Waals surface area contributed by atoms with Crippen LogP contribution in [-0.2, 0) is 11.0 Å². The van der Waals surface area contributed by atoms with E-state index in [0.29, 0.717) is 0 Å². The molecule has 0 atom stereocenters. The maximum absolute atomic E-state index is 12.6. The molecule has 96 valence electrons. The highest BCUT2D eigenvalue weighted by molar-refractivity contribution is 7.80. The molecule has 7 heteroatoms. The molecule has 18 heavy (non-hydrogen) atoms. The lowest BCUT2D eigenvalue weighted by atomic mass is 10.2. The van der Waals surface area contributed by atoms with Crippen molar-refractivity contribution in [3.8, 4) is 0 Å². The van der Waals surface area contributed by atoms with E-state index < -0.39 is 11.7 Å². The molecule has 1 aromatic rings. The summed E-state index contributed by atoms with van der Waals surface area (Å²) < 4.78 is 37.7. The van der Waals surface area contributed by atoms with Gasteiger partial charge in [-0.1, -0.05) is 6.07 Å². The highest BCUT2D eigenvalue weighted by Gasteiger charge is 2.34. The summed E-state index contributed by atoms with van der Waals surface area (Å²) in [5.74, 6) is -0.332. The minimum absolute atomic E-state index is 0.0785. The molecule has 0 radical (unpaired) electrons. The molecule has 1 heterocycles. The third-order valence-electron chi connectivity index (χ3n) is 2.57. The fourth-order valence-electron chi connectivity index (χ4n) is 1.69. The molecule has 0 N–H and O–H groups in total. The van der Waals surface area contributed by atoms with Gasteiger partial charge in [0.1, 0.15) is 0 Å². The molecule has 1 aromatic carbocycles. The predicted molar refractivity (Wildman–Crippen MR) is 64.2 cm³/mol. The third-order valence-corrected chi connectivity index (χ3v) is 3.07. The van der Waals surface area contributed by atoms with Gasteiger partial charge in [-0.3, -0.25) is 9.69 Å². The van der Waals surface area contributed by atoms with Gasteiger partial charge in [-0.05, 0) is 30.4 Å². The largest absolute Gasteiger partial charge is 0.416 e. The van der Waals surface area contributed by atoms with Crippen molar-refractivity contribution in [1.82, 2.24) is 4.90 Å². The number of nitrogens with zero attached hydrogens (tertiary/aromatic N) is 2. The maximum atomic E-state index is 12.6. The zero-order valence-corrected chi connectivity index (χ0v) is 10.2. The Morgan fingerprint density at radius 1 is 1.33 bits per heavy atom. The molecule has 1 saturated heterocycles. The molecule has 1 fully saturated rings. The highest BCUT2D eigenvalue weighted by atomic mass is 32.1. The molecule has 0 aromatic heterocycles. The van der Waals surface area contributed by atoms with Gasteiger partial charge >= 0.3 is 6.18 Å². The molecule has 1 amide bonds. The second kappa shape index (κ2) is 4.24. The van der Waals surface area contributed by atoms with E-state index in [1.165, 1.54) is 17.0 Å². The number of carbonyl (C=O) groups is 1. The van der Waals surface area contributed by atoms with Crippen molar-refractivity contribution in [2.24, 2.45) is 0 Å². The van der Waals surface area contributed by atoms with Gasteiger partial charge in [-0.15, -0.1) is 0 Å². The van der Waals surface area contributed by atoms with Crippen molar-refractivity contribution in [1.29, 1.82) is 0 Å². The Kier molecular flexibility index (Phi) is 3.02. The summed E-state index contributed by atoms with van der Waals surface area (Å²) in [4.78, 5) is 14.3. The van der Waals surface area contributed by atoms with E-state index >= 15 is 0 Å². The van der Waals surface area contributed by atoms with Crippen molar-refractivity contribution in [3.63, 3.8) is 0 Å². The normalized spacial score (nSPS) is 16.7. The Balaban J connectivity index is 2.41. The number of likely N-dealkylation sites (N-methyl/N-ethyl adjacent to an activating group) is 1. The van der Waals surface area contributed by atoms with Gasteiger partial charge < -0.3 is 4.90 Å². The summed E-state index contributed by atoms with van der Waals surface area (Å²) in [6.07, 6.45) is -4.44. The van der Waals surface area contributed by atoms with Gasteiger partial charge in [0.05, 0.1) is 17.8 Å². The Bertz CT molecular complexity index is 515. The summed E-state index contributed by atoms with van der Waals surface area (Å²) in [6.45, 7) is 0.0785. The minimum atomic E-state index is -4.44. The van der Waals surface area contributed by atoms with Crippen molar-refractivity contribution in [2.75, 3.05) is 18.5 Å². The molecule has 0 unspecified atom stereocenters. The van der Waals surface area contributed by atoms with Crippen LogP contribution in [0.2, 0.25) is 0 Å². The summed E-state index contributed by atoms with van der Waals surface area (Å²) in [7, 11) is 1.62. The van der Waals surface area contributed by atoms with Crippen molar-refractivity contribution >= 4 is 28.9 Å². The van der Waals surface area contributed by atoms with Gasteiger partial charge in [0.2, 0.25) is 0 Å². The van der Waals surface area contributed by atoms with Crippen LogP contribution in [0.15, 0.2) is 24.3 Å². The Hall–Kier alpha value is -1.63. The van der Waals surface area contributed by atoms with E-state index in [2.05, 4.69) is 0 Å². The Morgan fingerprint density at radius 3 is 2.50 bits per heavy atom. The predicted octanol–water partition coefficient (Wildman–Crippen LogP) is 2.27. The first kappa shape index (κ1) is 12.8. The van der Waals surface area contributed by atoms with E-state index in [0.717, 1.165) is 17.0 Å². The lowest BCUT2D eigenvalue weighted by molar-refractivity contribution is -0.137. The SMILES string of the molecule is CN1CC(=O)N(c2cccc(C(F)(F)F)c2)C1=S.